The summed E-state index contributed by atoms with van der Waals surface area (Å²) in [6, 6.07) is 16.3. The minimum absolute atomic E-state index is 0.155. The molecule has 1 aliphatic rings. The average Bonchev–Trinajstić information content (AvgIpc) is 3.17. The van der Waals surface area contributed by atoms with Crippen molar-refractivity contribution < 1.29 is 28.8 Å². The second-order valence-corrected chi connectivity index (χ2v) is 8.20. The Morgan fingerprint density at radius 3 is 2.46 bits per heavy atom. The highest BCUT2D eigenvalue weighted by Gasteiger charge is 2.46. The second-order valence-electron chi connectivity index (χ2n) is 8.20. The molecule has 1 heterocycles. The summed E-state index contributed by atoms with van der Waals surface area (Å²) in [6.45, 7) is 3.64. The normalized spacial score (nSPS) is 15.0. The number of carbonyl (C=O) groups is 4. The molecular weight excluding hydrogens is 452 g/mol. The molecule has 176 valence electrons. The van der Waals surface area contributed by atoms with Gasteiger partial charge in [0.1, 0.15) is 12.0 Å². The number of aryl methyl sites for hydroxylation is 2. The first-order valence-electron chi connectivity index (χ1n) is 10.7. The number of carbonyl (C=O) groups excluding carboxylic acids is 4. The molecule has 9 nitrogen and oxygen atoms in total. The number of fused-ring (bicyclic) bond motifs is 1. The van der Waals surface area contributed by atoms with Crippen molar-refractivity contribution >= 4 is 34.8 Å². The Hall–Kier alpha value is -4.66. The lowest BCUT2D eigenvalue weighted by Gasteiger charge is -2.21. The van der Waals surface area contributed by atoms with E-state index in [1.165, 1.54) is 30.3 Å². The van der Waals surface area contributed by atoms with E-state index in [0.717, 1.165) is 11.6 Å². The molecule has 0 spiro atoms. The van der Waals surface area contributed by atoms with Crippen LogP contribution in [0.1, 0.15) is 43.5 Å². The van der Waals surface area contributed by atoms with Gasteiger partial charge in [-0.05, 0) is 31.5 Å². The number of rotatable bonds is 7. The first-order valence-corrected chi connectivity index (χ1v) is 10.7. The van der Waals surface area contributed by atoms with Gasteiger partial charge in [-0.25, -0.2) is 4.79 Å². The highest BCUT2D eigenvalue weighted by atomic mass is 16.6. The molecule has 0 aliphatic carbocycles. The fourth-order valence-electron chi connectivity index (χ4n) is 4.05. The summed E-state index contributed by atoms with van der Waals surface area (Å²) in [5.74, 6) is -5.54. The van der Waals surface area contributed by atoms with Crippen LogP contribution in [-0.2, 0) is 14.3 Å². The third kappa shape index (κ3) is 4.56. The first-order chi connectivity index (χ1) is 16.7. The Morgan fingerprint density at radius 1 is 1.00 bits per heavy atom. The van der Waals surface area contributed by atoms with E-state index in [-0.39, 0.29) is 22.4 Å². The molecule has 0 bridgehead atoms. The minimum Gasteiger partial charge on any atom is -0.453 e. The van der Waals surface area contributed by atoms with Crippen molar-refractivity contribution in [3.8, 4) is 0 Å². The Labute approximate surface area is 199 Å². The van der Waals surface area contributed by atoms with Crippen molar-refractivity contribution in [2.45, 2.75) is 20.0 Å². The lowest BCUT2D eigenvalue weighted by atomic mass is 9.84. The van der Waals surface area contributed by atoms with Crippen molar-refractivity contribution in [1.82, 2.24) is 0 Å². The Kier molecular flexibility index (Phi) is 6.24. The maximum Gasteiger partial charge on any atom is 0.339 e. The van der Waals surface area contributed by atoms with Crippen molar-refractivity contribution in [2.24, 2.45) is 5.92 Å². The number of ether oxygens (including phenoxy) is 1. The SMILES string of the molecule is Cc1ccc(NC(=O)C(=O)[C@@H](C(=O)c2cccc([N+](=O)[O-])c2)[C@H]2OC(=O)c3ccccc32)c(C)c1. The number of nitrogens with one attached hydrogen (secondary N) is 1. The third-order valence-corrected chi connectivity index (χ3v) is 5.78. The van der Waals surface area contributed by atoms with Crippen LogP contribution < -0.4 is 5.32 Å². The monoisotopic (exact) mass is 472 g/mol. The maximum absolute atomic E-state index is 13.5. The summed E-state index contributed by atoms with van der Waals surface area (Å²) in [5, 5.41) is 13.7. The number of amides is 1. The lowest BCUT2D eigenvalue weighted by Crippen LogP contribution is -2.38. The number of nitro groups is 1. The number of non-ortho nitro benzene ring substituents is 1. The molecule has 0 fully saturated rings. The molecule has 0 radical (unpaired) electrons. The Balaban J connectivity index is 1.74. The third-order valence-electron chi connectivity index (χ3n) is 5.78. The summed E-state index contributed by atoms with van der Waals surface area (Å²) >= 11 is 0. The van der Waals surface area contributed by atoms with Gasteiger partial charge in [0.05, 0.1) is 10.5 Å². The molecule has 3 aromatic carbocycles. The molecule has 0 saturated carbocycles. The van der Waals surface area contributed by atoms with E-state index >= 15 is 0 Å². The van der Waals surface area contributed by atoms with Gasteiger partial charge in [0.15, 0.2) is 5.78 Å². The van der Waals surface area contributed by atoms with Gasteiger partial charge in [0.25, 0.3) is 11.6 Å². The van der Waals surface area contributed by atoms with E-state index in [2.05, 4.69) is 5.32 Å². The van der Waals surface area contributed by atoms with Gasteiger partial charge in [0, 0.05) is 28.9 Å². The molecule has 1 amide bonds. The summed E-state index contributed by atoms with van der Waals surface area (Å²) in [4.78, 5) is 62.9. The molecule has 4 rings (SSSR count). The number of hydrogen-bond acceptors (Lipinski definition) is 7. The van der Waals surface area contributed by atoms with E-state index in [4.69, 9.17) is 4.74 Å². The van der Waals surface area contributed by atoms with Crippen LogP contribution in [0.5, 0.6) is 0 Å². The van der Waals surface area contributed by atoms with Crippen molar-refractivity contribution in [3.05, 3.63) is 105 Å². The number of ketones is 2. The average molecular weight is 472 g/mol. The largest absolute Gasteiger partial charge is 0.453 e. The molecule has 1 N–H and O–H groups in total. The smallest absolute Gasteiger partial charge is 0.339 e. The molecule has 0 saturated heterocycles. The van der Waals surface area contributed by atoms with Gasteiger partial charge in [-0.3, -0.25) is 24.5 Å². The molecule has 1 aliphatic heterocycles. The number of nitro benzene ring substituents is 1. The van der Waals surface area contributed by atoms with Crippen molar-refractivity contribution in [2.75, 3.05) is 5.32 Å². The van der Waals surface area contributed by atoms with Crippen LogP contribution in [0.2, 0.25) is 0 Å². The van der Waals surface area contributed by atoms with Gasteiger partial charge >= 0.3 is 5.97 Å². The lowest BCUT2D eigenvalue weighted by molar-refractivity contribution is -0.384. The van der Waals surface area contributed by atoms with Crippen LogP contribution in [0.4, 0.5) is 11.4 Å². The zero-order chi connectivity index (χ0) is 25.3. The summed E-state index contributed by atoms with van der Waals surface area (Å²) in [6.07, 6.45) is -1.36. The Morgan fingerprint density at radius 2 is 1.74 bits per heavy atom. The standard InChI is InChI=1S/C26H20N2O7/c1-14-10-11-20(15(2)12-14)27-25(31)23(30)21(22(29)16-6-5-7-17(13-16)28(33)34)24-18-8-3-4-9-19(18)26(32)35-24/h3-13,21,24H,1-2H3,(H,27,31)/t21-,24+/m1/s1. The van der Waals surface area contributed by atoms with E-state index in [0.29, 0.717) is 11.3 Å². The molecule has 0 aromatic heterocycles. The minimum atomic E-state index is -1.74. The second kappa shape index (κ2) is 9.30. The van der Waals surface area contributed by atoms with Crippen molar-refractivity contribution in [1.29, 1.82) is 0 Å². The number of anilines is 1. The molecular formula is C26H20N2O7. The van der Waals surface area contributed by atoms with Gasteiger partial charge < -0.3 is 10.1 Å². The van der Waals surface area contributed by atoms with Crippen LogP contribution in [0.3, 0.4) is 0 Å². The van der Waals surface area contributed by atoms with Crippen LogP contribution in [-0.4, -0.2) is 28.4 Å². The molecule has 2 atom stereocenters. The number of cyclic esters (lactones) is 1. The fraction of sp³-hybridized carbons (Fsp3) is 0.154. The number of benzene rings is 3. The molecule has 3 aromatic rings. The maximum atomic E-state index is 13.5. The predicted molar refractivity (Wildman–Crippen MR) is 125 cm³/mol. The number of esters is 1. The highest BCUT2D eigenvalue weighted by Crippen LogP contribution is 2.38. The van der Waals surface area contributed by atoms with E-state index in [1.54, 1.807) is 31.2 Å². The molecule has 0 unspecified atom stereocenters. The van der Waals surface area contributed by atoms with Gasteiger partial charge in [-0.2, -0.15) is 0 Å². The van der Waals surface area contributed by atoms with Gasteiger partial charge in [0.2, 0.25) is 5.78 Å². The van der Waals surface area contributed by atoms with E-state index in [9.17, 15) is 29.3 Å². The number of nitrogens with zero attached hydrogens (tertiary/aromatic N) is 1. The topological polar surface area (TPSA) is 133 Å². The first kappa shape index (κ1) is 23.5. The Bertz CT molecular complexity index is 1400. The fourth-order valence-corrected chi connectivity index (χ4v) is 4.05. The van der Waals surface area contributed by atoms with Crippen LogP contribution >= 0.6 is 0 Å². The summed E-state index contributed by atoms with van der Waals surface area (Å²) in [7, 11) is 0. The van der Waals surface area contributed by atoms with Crippen LogP contribution in [0, 0.1) is 29.9 Å². The van der Waals surface area contributed by atoms with Crippen molar-refractivity contribution in [3.63, 3.8) is 0 Å². The molecule has 35 heavy (non-hydrogen) atoms. The van der Waals surface area contributed by atoms with Crippen LogP contribution in [0.25, 0.3) is 0 Å². The summed E-state index contributed by atoms with van der Waals surface area (Å²) < 4.78 is 5.38. The van der Waals surface area contributed by atoms with Gasteiger partial charge in [-0.15, -0.1) is 0 Å². The van der Waals surface area contributed by atoms with Crippen LogP contribution in [0.15, 0.2) is 66.7 Å². The zero-order valence-electron chi connectivity index (χ0n) is 18.8. The van der Waals surface area contributed by atoms with Gasteiger partial charge in [-0.1, -0.05) is 48.0 Å². The predicted octanol–water partition coefficient (Wildman–Crippen LogP) is 4.13. The number of Topliss-reactive ketones (excluding diaryl/α,β-unsaturated/α-hetero) is 2. The van der Waals surface area contributed by atoms with E-state index in [1.807, 2.05) is 13.0 Å². The molecule has 9 heteroatoms. The zero-order valence-corrected chi connectivity index (χ0v) is 18.8. The number of hydrogen-bond donors (Lipinski definition) is 1. The highest BCUT2D eigenvalue weighted by molar-refractivity contribution is 6.45. The van der Waals surface area contributed by atoms with E-state index < -0.39 is 40.4 Å². The summed E-state index contributed by atoms with van der Waals surface area (Å²) in [5.41, 5.74) is 2.01. The quantitative estimate of drug-likeness (QED) is 0.136.